The molecule has 0 aliphatic heterocycles. The smallest absolute Gasteiger partial charge is 0.213 e. The summed E-state index contributed by atoms with van der Waals surface area (Å²) in [6, 6.07) is 6.52. The van der Waals surface area contributed by atoms with Gasteiger partial charge in [0, 0.05) is 22.2 Å². The van der Waals surface area contributed by atoms with Crippen molar-refractivity contribution in [1.82, 2.24) is 25.2 Å². The van der Waals surface area contributed by atoms with Crippen LogP contribution in [0.15, 0.2) is 36.8 Å². The van der Waals surface area contributed by atoms with E-state index < -0.39 is 5.82 Å². The Morgan fingerprint density at radius 1 is 1.24 bits per heavy atom. The van der Waals surface area contributed by atoms with E-state index in [-0.39, 0.29) is 0 Å². The van der Waals surface area contributed by atoms with Crippen molar-refractivity contribution in [2.75, 3.05) is 7.11 Å². The third-order valence-corrected chi connectivity index (χ3v) is 3.12. The lowest BCUT2D eigenvalue weighted by molar-refractivity contribution is 0.396. The molecule has 0 aliphatic carbocycles. The maximum atomic E-state index is 14.1. The third kappa shape index (κ3) is 2.55. The second-order valence-electron chi connectivity index (χ2n) is 4.12. The monoisotopic (exact) mass is 305 g/mol. The Kier molecular flexibility index (Phi) is 3.49. The first-order valence-corrected chi connectivity index (χ1v) is 6.29. The van der Waals surface area contributed by atoms with Crippen LogP contribution in [0.4, 0.5) is 4.39 Å². The van der Waals surface area contributed by atoms with E-state index in [1.165, 1.54) is 24.2 Å². The second-order valence-corrected chi connectivity index (χ2v) is 4.56. The van der Waals surface area contributed by atoms with Gasteiger partial charge < -0.3 is 4.74 Å². The van der Waals surface area contributed by atoms with Gasteiger partial charge in [0.05, 0.1) is 19.0 Å². The molecule has 0 unspecified atom stereocenters. The fourth-order valence-electron chi connectivity index (χ4n) is 1.93. The van der Waals surface area contributed by atoms with Crippen molar-refractivity contribution in [1.29, 1.82) is 0 Å². The number of methoxy groups -OCH3 is 1. The lowest BCUT2D eigenvalue weighted by Crippen LogP contribution is -2.00. The third-order valence-electron chi connectivity index (χ3n) is 2.88. The number of pyridine rings is 1. The molecule has 0 bridgehead atoms. The highest BCUT2D eigenvalue weighted by Gasteiger charge is 2.14. The van der Waals surface area contributed by atoms with Crippen LogP contribution < -0.4 is 4.74 Å². The van der Waals surface area contributed by atoms with Crippen LogP contribution in [0.2, 0.25) is 5.02 Å². The highest BCUT2D eigenvalue weighted by Crippen LogP contribution is 2.32. The minimum absolute atomic E-state index is 0.300. The number of hydrogen-bond acceptors (Lipinski definition) is 5. The second kappa shape index (κ2) is 5.45. The molecule has 0 aliphatic rings. The molecular weight excluding hydrogens is 297 g/mol. The Labute approximate surface area is 124 Å². The summed E-state index contributed by atoms with van der Waals surface area (Å²) < 4.78 is 20.6. The maximum Gasteiger partial charge on any atom is 0.213 e. The van der Waals surface area contributed by atoms with Crippen molar-refractivity contribution in [3.8, 4) is 22.7 Å². The van der Waals surface area contributed by atoms with Gasteiger partial charge in [-0.2, -0.15) is 4.68 Å². The topological polar surface area (TPSA) is 65.7 Å². The van der Waals surface area contributed by atoms with Crippen LogP contribution in [0.1, 0.15) is 0 Å². The predicted molar refractivity (Wildman–Crippen MR) is 73.9 cm³/mol. The number of benzene rings is 1. The number of hydrogen-bond donors (Lipinski definition) is 0. The molecule has 0 amide bonds. The molecule has 8 heteroatoms. The summed E-state index contributed by atoms with van der Waals surface area (Å²) in [4.78, 5) is 3.82. The molecule has 0 fully saturated rings. The summed E-state index contributed by atoms with van der Waals surface area (Å²) in [5, 5.41) is 11.4. The van der Waals surface area contributed by atoms with Crippen LogP contribution in [0.3, 0.4) is 0 Å². The van der Waals surface area contributed by atoms with Gasteiger partial charge in [0.2, 0.25) is 5.88 Å². The van der Waals surface area contributed by atoms with Crippen molar-refractivity contribution in [3.05, 3.63) is 47.6 Å². The molecular formula is C13H9ClFN5O. The van der Waals surface area contributed by atoms with Gasteiger partial charge in [-0.15, -0.1) is 5.10 Å². The maximum absolute atomic E-state index is 14.1. The molecule has 106 valence electrons. The molecule has 2 heterocycles. The Hall–Kier alpha value is -2.54. The minimum atomic E-state index is -0.493. The predicted octanol–water partition coefficient (Wildman–Crippen LogP) is 2.53. The van der Waals surface area contributed by atoms with Gasteiger partial charge in [0.25, 0.3) is 0 Å². The van der Waals surface area contributed by atoms with Crippen LogP contribution in [0.25, 0.3) is 16.8 Å². The van der Waals surface area contributed by atoms with Crippen LogP contribution in [0.5, 0.6) is 5.88 Å². The lowest BCUT2D eigenvalue weighted by atomic mass is 10.0. The van der Waals surface area contributed by atoms with Gasteiger partial charge in [-0.3, -0.25) is 0 Å². The normalized spacial score (nSPS) is 10.6. The largest absolute Gasteiger partial charge is 0.481 e. The van der Waals surface area contributed by atoms with Crippen molar-refractivity contribution in [2.24, 2.45) is 0 Å². The van der Waals surface area contributed by atoms with Gasteiger partial charge in [-0.1, -0.05) is 11.6 Å². The highest BCUT2D eigenvalue weighted by atomic mass is 35.5. The first-order chi connectivity index (χ1) is 10.2. The summed E-state index contributed by atoms with van der Waals surface area (Å²) in [5.74, 6) is -0.193. The number of nitrogens with zero attached hydrogens (tertiary/aromatic N) is 5. The van der Waals surface area contributed by atoms with Crippen molar-refractivity contribution >= 4 is 11.6 Å². The Morgan fingerprint density at radius 2 is 2.10 bits per heavy atom. The molecule has 1 aromatic carbocycles. The molecule has 0 atom stereocenters. The molecule has 0 spiro atoms. The number of halogens is 2. The number of ether oxygens (including phenoxy) is 1. The molecule has 0 radical (unpaired) electrons. The Morgan fingerprint density at radius 3 is 2.81 bits per heavy atom. The summed E-state index contributed by atoms with van der Waals surface area (Å²) in [7, 11) is 1.46. The molecule has 0 N–H and O–H groups in total. The van der Waals surface area contributed by atoms with E-state index in [4.69, 9.17) is 16.3 Å². The summed E-state index contributed by atoms with van der Waals surface area (Å²) in [5.41, 5.74) is 1.43. The standard InChI is InChI=1S/C13H9ClFN5O/c1-21-13-5-9(11(15)6-16-13)10-4-8(14)2-3-12(10)20-7-17-18-19-20/h2-7H,1H3. The SMILES string of the molecule is COc1cc(-c2cc(Cl)ccc2-n2cnnn2)c(F)cn1. The van der Waals surface area contributed by atoms with Crippen molar-refractivity contribution < 1.29 is 9.13 Å². The van der Waals surface area contributed by atoms with Crippen LogP contribution in [-0.4, -0.2) is 32.3 Å². The highest BCUT2D eigenvalue weighted by molar-refractivity contribution is 6.31. The summed E-state index contributed by atoms with van der Waals surface area (Å²) in [6.07, 6.45) is 2.52. The van der Waals surface area contributed by atoms with Crippen molar-refractivity contribution in [3.63, 3.8) is 0 Å². The van der Waals surface area contributed by atoms with Gasteiger partial charge in [0.15, 0.2) is 0 Å². The zero-order valence-corrected chi connectivity index (χ0v) is 11.6. The zero-order valence-electron chi connectivity index (χ0n) is 10.9. The van der Waals surface area contributed by atoms with E-state index in [1.54, 1.807) is 18.2 Å². The zero-order chi connectivity index (χ0) is 14.8. The Bertz CT molecular complexity index is 778. The molecule has 21 heavy (non-hydrogen) atoms. The minimum Gasteiger partial charge on any atom is -0.481 e. The van der Waals surface area contributed by atoms with E-state index in [1.807, 2.05) is 0 Å². The first kappa shape index (κ1) is 13.4. The van der Waals surface area contributed by atoms with Gasteiger partial charge in [-0.25, -0.2) is 9.37 Å². The van der Waals surface area contributed by atoms with E-state index in [0.717, 1.165) is 6.20 Å². The molecule has 2 aromatic heterocycles. The number of tetrazole rings is 1. The quantitative estimate of drug-likeness (QED) is 0.744. The molecule has 3 rings (SSSR count). The average molecular weight is 306 g/mol. The molecule has 0 saturated heterocycles. The van der Waals surface area contributed by atoms with Crippen LogP contribution >= 0.6 is 11.6 Å². The fraction of sp³-hybridized carbons (Fsp3) is 0.0769. The lowest BCUT2D eigenvalue weighted by Gasteiger charge is -2.11. The van der Waals surface area contributed by atoms with E-state index in [9.17, 15) is 4.39 Å². The van der Waals surface area contributed by atoms with Gasteiger partial charge >= 0.3 is 0 Å². The first-order valence-electron chi connectivity index (χ1n) is 5.92. The average Bonchev–Trinajstić information content (AvgIpc) is 3.02. The molecule has 0 saturated carbocycles. The van der Waals surface area contributed by atoms with Crippen LogP contribution in [-0.2, 0) is 0 Å². The van der Waals surface area contributed by atoms with E-state index in [2.05, 4.69) is 20.5 Å². The number of rotatable bonds is 3. The summed E-state index contributed by atoms with van der Waals surface area (Å²) in [6.45, 7) is 0. The number of aromatic nitrogens is 5. The van der Waals surface area contributed by atoms with E-state index >= 15 is 0 Å². The van der Waals surface area contributed by atoms with Crippen molar-refractivity contribution in [2.45, 2.75) is 0 Å². The summed E-state index contributed by atoms with van der Waals surface area (Å²) >= 11 is 6.02. The molecule has 6 nitrogen and oxygen atoms in total. The van der Waals surface area contributed by atoms with Gasteiger partial charge in [-0.05, 0) is 28.6 Å². The van der Waals surface area contributed by atoms with Gasteiger partial charge in [0.1, 0.15) is 12.1 Å². The van der Waals surface area contributed by atoms with Crippen LogP contribution in [0, 0.1) is 5.82 Å². The molecule has 3 aromatic rings. The van der Waals surface area contributed by atoms with E-state index in [0.29, 0.717) is 27.7 Å². The fourth-order valence-corrected chi connectivity index (χ4v) is 2.11. The Balaban J connectivity index is 2.24.